The van der Waals surface area contributed by atoms with E-state index in [1.165, 1.54) is 5.56 Å². The van der Waals surface area contributed by atoms with Gasteiger partial charge in [-0.25, -0.2) is 8.42 Å². The second-order valence-electron chi connectivity index (χ2n) is 5.07. The van der Waals surface area contributed by atoms with Gasteiger partial charge in [0.25, 0.3) is 0 Å². The Labute approximate surface area is 114 Å². The van der Waals surface area contributed by atoms with E-state index in [2.05, 4.69) is 6.07 Å². The lowest BCUT2D eigenvalue weighted by Gasteiger charge is -2.10. The lowest BCUT2D eigenvalue weighted by atomic mass is 10.1. The molecule has 0 saturated carbocycles. The maximum absolute atomic E-state index is 11.9. The number of rotatable bonds is 6. The smallest absolute Gasteiger partial charge is 0.152 e. The van der Waals surface area contributed by atoms with Crippen LogP contribution in [-0.4, -0.2) is 32.6 Å². The van der Waals surface area contributed by atoms with Crippen LogP contribution in [0.15, 0.2) is 18.2 Å². The van der Waals surface area contributed by atoms with Gasteiger partial charge in [0.2, 0.25) is 0 Å². The summed E-state index contributed by atoms with van der Waals surface area (Å²) >= 11 is 0. The first kappa shape index (κ1) is 14.3. The van der Waals surface area contributed by atoms with Crippen molar-refractivity contribution in [3.05, 3.63) is 29.3 Å². The molecule has 1 aromatic rings. The Hall–Kier alpha value is -1.07. The Bertz CT molecular complexity index is 540. The topological polar surface area (TPSA) is 69.4 Å². The third-order valence-corrected chi connectivity index (χ3v) is 5.21. The zero-order valence-corrected chi connectivity index (χ0v) is 12.1. The molecule has 0 aliphatic carbocycles. The third kappa shape index (κ3) is 3.94. The fourth-order valence-electron chi connectivity index (χ4n) is 2.20. The van der Waals surface area contributed by atoms with Crippen LogP contribution in [0.1, 0.15) is 24.5 Å². The van der Waals surface area contributed by atoms with E-state index in [4.69, 9.17) is 10.5 Å². The van der Waals surface area contributed by atoms with E-state index in [9.17, 15) is 8.42 Å². The second-order valence-corrected chi connectivity index (χ2v) is 7.30. The monoisotopic (exact) mass is 283 g/mol. The van der Waals surface area contributed by atoms with Gasteiger partial charge in [-0.2, -0.15) is 0 Å². The Morgan fingerprint density at radius 1 is 1.42 bits per heavy atom. The second kappa shape index (κ2) is 5.92. The molecule has 0 spiro atoms. The first-order chi connectivity index (χ1) is 9.00. The van der Waals surface area contributed by atoms with Crippen molar-refractivity contribution in [1.29, 1.82) is 0 Å². The molecule has 0 bridgehead atoms. The SMILES string of the molecule is CCC(N)CS(=O)(=O)CCc1ccc2c(c1)CCO2. The molecule has 1 heterocycles. The summed E-state index contributed by atoms with van der Waals surface area (Å²) < 4.78 is 29.2. The van der Waals surface area contributed by atoms with Crippen molar-refractivity contribution in [1.82, 2.24) is 0 Å². The normalized spacial score (nSPS) is 15.9. The van der Waals surface area contributed by atoms with E-state index in [0.29, 0.717) is 12.8 Å². The zero-order valence-electron chi connectivity index (χ0n) is 11.3. The number of benzene rings is 1. The molecular formula is C14H21NO3S. The van der Waals surface area contributed by atoms with Crippen molar-refractivity contribution in [3.63, 3.8) is 0 Å². The maximum Gasteiger partial charge on any atom is 0.152 e. The van der Waals surface area contributed by atoms with Crippen LogP contribution in [0.4, 0.5) is 0 Å². The summed E-state index contributed by atoms with van der Waals surface area (Å²) in [5.74, 6) is 1.18. The number of hydrogen-bond donors (Lipinski definition) is 1. The van der Waals surface area contributed by atoms with Gasteiger partial charge in [0.05, 0.1) is 18.1 Å². The van der Waals surface area contributed by atoms with Crippen LogP contribution >= 0.6 is 0 Å². The molecule has 2 N–H and O–H groups in total. The van der Waals surface area contributed by atoms with Crippen molar-refractivity contribution in [2.45, 2.75) is 32.2 Å². The van der Waals surface area contributed by atoms with Gasteiger partial charge in [0.15, 0.2) is 9.84 Å². The molecule has 1 atom stereocenters. The molecular weight excluding hydrogens is 262 g/mol. The molecule has 1 aliphatic heterocycles. The van der Waals surface area contributed by atoms with Crippen LogP contribution in [0.25, 0.3) is 0 Å². The molecule has 0 amide bonds. The Balaban J connectivity index is 1.95. The molecule has 2 rings (SSSR count). The first-order valence-corrected chi connectivity index (χ1v) is 8.53. The van der Waals surface area contributed by atoms with Crippen LogP contribution in [-0.2, 0) is 22.7 Å². The van der Waals surface area contributed by atoms with Crippen molar-refractivity contribution < 1.29 is 13.2 Å². The van der Waals surface area contributed by atoms with Gasteiger partial charge >= 0.3 is 0 Å². The average molecular weight is 283 g/mol. The Morgan fingerprint density at radius 3 is 2.95 bits per heavy atom. The third-order valence-electron chi connectivity index (χ3n) is 3.45. The number of aryl methyl sites for hydroxylation is 1. The molecule has 1 aliphatic rings. The van der Waals surface area contributed by atoms with E-state index >= 15 is 0 Å². The van der Waals surface area contributed by atoms with Gasteiger partial charge in [-0.15, -0.1) is 0 Å². The predicted molar refractivity (Wildman–Crippen MR) is 76.3 cm³/mol. The highest BCUT2D eigenvalue weighted by molar-refractivity contribution is 7.91. The maximum atomic E-state index is 11.9. The van der Waals surface area contributed by atoms with Gasteiger partial charge in [-0.05, 0) is 30.0 Å². The van der Waals surface area contributed by atoms with Crippen molar-refractivity contribution in [3.8, 4) is 5.75 Å². The zero-order chi connectivity index (χ0) is 13.9. The standard InChI is InChI=1S/C14H21NO3S/c1-2-13(15)10-19(16,17)8-6-11-3-4-14-12(9-11)5-7-18-14/h3-4,9,13H,2,5-8,10,15H2,1H3. The number of nitrogens with two attached hydrogens (primary N) is 1. The van der Waals surface area contributed by atoms with Gasteiger partial charge in [0.1, 0.15) is 5.75 Å². The minimum atomic E-state index is -3.06. The number of fused-ring (bicyclic) bond motifs is 1. The molecule has 5 heteroatoms. The van der Waals surface area contributed by atoms with Gasteiger partial charge in [-0.3, -0.25) is 0 Å². The molecule has 1 aromatic carbocycles. The van der Waals surface area contributed by atoms with E-state index in [-0.39, 0.29) is 17.5 Å². The van der Waals surface area contributed by atoms with Crippen molar-refractivity contribution in [2.75, 3.05) is 18.1 Å². The van der Waals surface area contributed by atoms with E-state index < -0.39 is 9.84 Å². The summed E-state index contributed by atoms with van der Waals surface area (Å²) in [6.07, 6.45) is 2.15. The fraction of sp³-hybridized carbons (Fsp3) is 0.571. The predicted octanol–water partition coefficient (Wildman–Crippen LogP) is 1.32. The largest absolute Gasteiger partial charge is 0.493 e. The first-order valence-electron chi connectivity index (χ1n) is 6.71. The van der Waals surface area contributed by atoms with Crippen LogP contribution in [0.3, 0.4) is 0 Å². The Morgan fingerprint density at radius 2 is 2.21 bits per heavy atom. The van der Waals surface area contributed by atoms with Crippen LogP contribution < -0.4 is 10.5 Å². The minimum absolute atomic E-state index is 0.0809. The lowest BCUT2D eigenvalue weighted by Crippen LogP contribution is -2.30. The summed E-state index contributed by atoms with van der Waals surface area (Å²) in [5.41, 5.74) is 7.94. The van der Waals surface area contributed by atoms with Gasteiger partial charge in [0, 0.05) is 12.5 Å². The van der Waals surface area contributed by atoms with Crippen LogP contribution in [0.5, 0.6) is 5.75 Å². The van der Waals surface area contributed by atoms with Gasteiger partial charge in [-0.1, -0.05) is 19.1 Å². The lowest BCUT2D eigenvalue weighted by molar-refractivity contribution is 0.357. The molecule has 106 valence electrons. The van der Waals surface area contributed by atoms with Crippen LogP contribution in [0.2, 0.25) is 0 Å². The van der Waals surface area contributed by atoms with Crippen molar-refractivity contribution >= 4 is 9.84 Å². The molecule has 0 aromatic heterocycles. The number of ether oxygens (including phenoxy) is 1. The molecule has 1 unspecified atom stereocenters. The fourth-order valence-corrected chi connectivity index (χ4v) is 3.80. The highest BCUT2D eigenvalue weighted by Gasteiger charge is 2.16. The molecule has 0 saturated heterocycles. The van der Waals surface area contributed by atoms with E-state index in [1.807, 2.05) is 19.1 Å². The summed E-state index contributed by atoms with van der Waals surface area (Å²) in [6.45, 7) is 2.63. The van der Waals surface area contributed by atoms with E-state index in [1.54, 1.807) is 0 Å². The quantitative estimate of drug-likeness (QED) is 0.855. The average Bonchev–Trinajstić information content (AvgIpc) is 2.83. The molecule has 0 fully saturated rings. The number of sulfone groups is 1. The van der Waals surface area contributed by atoms with Crippen LogP contribution in [0, 0.1) is 0 Å². The minimum Gasteiger partial charge on any atom is -0.493 e. The number of hydrogen-bond acceptors (Lipinski definition) is 4. The van der Waals surface area contributed by atoms with Crippen molar-refractivity contribution in [2.24, 2.45) is 5.73 Å². The van der Waals surface area contributed by atoms with E-state index in [0.717, 1.165) is 24.3 Å². The Kier molecular flexibility index (Phi) is 4.47. The summed E-state index contributed by atoms with van der Waals surface area (Å²) in [4.78, 5) is 0. The highest BCUT2D eigenvalue weighted by Crippen LogP contribution is 2.26. The van der Waals surface area contributed by atoms with Gasteiger partial charge < -0.3 is 10.5 Å². The molecule has 0 radical (unpaired) electrons. The highest BCUT2D eigenvalue weighted by atomic mass is 32.2. The summed E-state index contributed by atoms with van der Waals surface area (Å²) in [7, 11) is -3.06. The molecule has 4 nitrogen and oxygen atoms in total. The molecule has 19 heavy (non-hydrogen) atoms. The summed E-state index contributed by atoms with van der Waals surface area (Å²) in [6, 6.07) is 5.68. The summed E-state index contributed by atoms with van der Waals surface area (Å²) in [5, 5.41) is 0.